The lowest BCUT2D eigenvalue weighted by atomic mass is 9.85. The SMILES string of the molecule is CC(=O)O[C@@H]1[C@H](C)[C@@H](C)[C@H](C)O[C@H]1Sc1ccccc1. The molecule has 0 radical (unpaired) electrons. The van der Waals surface area contributed by atoms with Crippen molar-refractivity contribution in [2.24, 2.45) is 11.8 Å². The highest BCUT2D eigenvalue weighted by molar-refractivity contribution is 7.99. The molecule has 1 aliphatic heterocycles. The zero-order chi connectivity index (χ0) is 14.7. The Labute approximate surface area is 125 Å². The molecular weight excluding hydrogens is 272 g/mol. The number of benzene rings is 1. The minimum absolute atomic E-state index is 0.150. The zero-order valence-corrected chi connectivity index (χ0v) is 13.2. The molecule has 110 valence electrons. The lowest BCUT2D eigenvalue weighted by Gasteiger charge is -2.42. The van der Waals surface area contributed by atoms with Crippen LogP contribution in [0.15, 0.2) is 35.2 Å². The highest BCUT2D eigenvalue weighted by Crippen LogP contribution is 2.39. The average Bonchev–Trinajstić information content (AvgIpc) is 2.42. The lowest BCUT2D eigenvalue weighted by molar-refractivity contribution is -0.174. The largest absolute Gasteiger partial charge is 0.459 e. The molecule has 3 nitrogen and oxygen atoms in total. The van der Waals surface area contributed by atoms with E-state index < -0.39 is 0 Å². The van der Waals surface area contributed by atoms with E-state index in [2.05, 4.69) is 20.8 Å². The van der Waals surface area contributed by atoms with E-state index in [0.29, 0.717) is 5.92 Å². The van der Waals surface area contributed by atoms with Gasteiger partial charge in [0.15, 0.2) is 0 Å². The Morgan fingerprint density at radius 2 is 1.80 bits per heavy atom. The van der Waals surface area contributed by atoms with Crippen molar-refractivity contribution < 1.29 is 14.3 Å². The number of hydrogen-bond donors (Lipinski definition) is 0. The van der Waals surface area contributed by atoms with Crippen molar-refractivity contribution in [3.63, 3.8) is 0 Å². The van der Waals surface area contributed by atoms with Crippen LogP contribution in [0.1, 0.15) is 27.7 Å². The van der Waals surface area contributed by atoms with Crippen LogP contribution in [0, 0.1) is 11.8 Å². The van der Waals surface area contributed by atoms with Crippen LogP contribution < -0.4 is 0 Å². The molecule has 1 aromatic carbocycles. The fraction of sp³-hybridized carbons (Fsp3) is 0.562. The molecule has 1 aliphatic rings. The summed E-state index contributed by atoms with van der Waals surface area (Å²) < 4.78 is 11.6. The predicted octanol–water partition coefficient (Wildman–Crippen LogP) is 3.73. The third kappa shape index (κ3) is 3.55. The summed E-state index contributed by atoms with van der Waals surface area (Å²) in [6.07, 6.45) is -0.0399. The first kappa shape index (κ1) is 15.4. The van der Waals surface area contributed by atoms with E-state index in [9.17, 15) is 4.79 Å². The van der Waals surface area contributed by atoms with Gasteiger partial charge in [0.25, 0.3) is 0 Å². The number of esters is 1. The smallest absolute Gasteiger partial charge is 0.303 e. The summed E-state index contributed by atoms with van der Waals surface area (Å²) in [5.74, 6) is 0.404. The van der Waals surface area contributed by atoms with Gasteiger partial charge in [0.05, 0.1) is 6.10 Å². The number of rotatable bonds is 3. The van der Waals surface area contributed by atoms with Crippen LogP contribution in [0.3, 0.4) is 0 Å². The molecule has 0 unspecified atom stereocenters. The summed E-state index contributed by atoms with van der Waals surface area (Å²) in [5.41, 5.74) is -0.150. The molecule has 1 saturated heterocycles. The Hall–Kier alpha value is -1.00. The normalized spacial score (nSPS) is 33.7. The number of thioether (sulfide) groups is 1. The van der Waals surface area contributed by atoms with Gasteiger partial charge in [-0.15, -0.1) is 0 Å². The molecule has 0 saturated carbocycles. The maximum atomic E-state index is 11.4. The Kier molecular flexibility index (Phi) is 5.11. The van der Waals surface area contributed by atoms with Gasteiger partial charge in [-0.25, -0.2) is 0 Å². The highest BCUT2D eigenvalue weighted by Gasteiger charge is 2.42. The van der Waals surface area contributed by atoms with E-state index in [4.69, 9.17) is 9.47 Å². The van der Waals surface area contributed by atoms with E-state index in [-0.39, 0.29) is 29.5 Å². The maximum absolute atomic E-state index is 11.4. The van der Waals surface area contributed by atoms with Crippen molar-refractivity contribution in [2.45, 2.75) is 50.2 Å². The molecule has 20 heavy (non-hydrogen) atoms. The summed E-state index contributed by atoms with van der Waals surface area (Å²) in [7, 11) is 0. The first-order valence-corrected chi connectivity index (χ1v) is 7.91. The summed E-state index contributed by atoms with van der Waals surface area (Å²) >= 11 is 1.62. The standard InChI is InChI=1S/C16H22O3S/c1-10-11(2)15(19-13(4)17)16(18-12(10)3)20-14-8-6-5-7-9-14/h5-12,15-16H,1-4H3/t10-,11-,12+,15-,16+/m1/s1. The molecule has 1 aromatic rings. The predicted molar refractivity (Wildman–Crippen MR) is 80.5 cm³/mol. The van der Waals surface area contributed by atoms with Crippen molar-refractivity contribution >= 4 is 17.7 Å². The Balaban J connectivity index is 2.16. The average molecular weight is 294 g/mol. The molecule has 1 fully saturated rings. The van der Waals surface area contributed by atoms with Crippen LogP contribution in [-0.2, 0) is 14.3 Å². The second-order valence-electron chi connectivity index (χ2n) is 5.43. The Morgan fingerprint density at radius 3 is 2.40 bits per heavy atom. The van der Waals surface area contributed by atoms with Crippen LogP contribution in [-0.4, -0.2) is 23.6 Å². The summed E-state index contributed by atoms with van der Waals surface area (Å²) in [5, 5.41) is 0. The third-order valence-electron chi connectivity index (χ3n) is 4.00. The molecule has 0 amide bonds. The molecule has 0 bridgehead atoms. The summed E-state index contributed by atoms with van der Waals surface area (Å²) in [4.78, 5) is 12.5. The minimum Gasteiger partial charge on any atom is -0.459 e. The fourth-order valence-electron chi connectivity index (χ4n) is 2.47. The maximum Gasteiger partial charge on any atom is 0.303 e. The van der Waals surface area contributed by atoms with E-state index in [1.54, 1.807) is 11.8 Å². The van der Waals surface area contributed by atoms with Gasteiger partial charge in [0, 0.05) is 17.7 Å². The van der Waals surface area contributed by atoms with Gasteiger partial charge in [-0.05, 0) is 25.0 Å². The zero-order valence-electron chi connectivity index (χ0n) is 12.4. The molecular formula is C16H22O3S. The van der Waals surface area contributed by atoms with Crippen LogP contribution in [0.2, 0.25) is 0 Å². The lowest BCUT2D eigenvalue weighted by Crippen LogP contribution is -2.48. The molecule has 1 heterocycles. The van der Waals surface area contributed by atoms with Crippen LogP contribution in [0.4, 0.5) is 0 Å². The van der Waals surface area contributed by atoms with Gasteiger partial charge >= 0.3 is 5.97 Å². The summed E-state index contributed by atoms with van der Waals surface area (Å²) in [6, 6.07) is 10.1. The van der Waals surface area contributed by atoms with Crippen molar-refractivity contribution in [1.29, 1.82) is 0 Å². The Morgan fingerprint density at radius 1 is 1.15 bits per heavy atom. The third-order valence-corrected chi connectivity index (χ3v) is 5.16. The quantitative estimate of drug-likeness (QED) is 0.796. The fourth-order valence-corrected chi connectivity index (χ4v) is 3.72. The van der Waals surface area contributed by atoms with Gasteiger partial charge < -0.3 is 9.47 Å². The second kappa shape index (κ2) is 6.64. The van der Waals surface area contributed by atoms with Gasteiger partial charge in [0.1, 0.15) is 11.5 Å². The topological polar surface area (TPSA) is 35.5 Å². The van der Waals surface area contributed by atoms with Crippen LogP contribution in [0.5, 0.6) is 0 Å². The van der Waals surface area contributed by atoms with Crippen molar-refractivity contribution in [3.05, 3.63) is 30.3 Å². The number of carbonyl (C=O) groups excluding carboxylic acids is 1. The molecule has 0 N–H and O–H groups in total. The van der Waals surface area contributed by atoms with E-state index in [0.717, 1.165) is 4.90 Å². The molecule has 2 rings (SSSR count). The number of carbonyl (C=O) groups is 1. The first-order chi connectivity index (χ1) is 9.49. The molecule has 0 aromatic heterocycles. The minimum atomic E-state index is -0.245. The van der Waals surface area contributed by atoms with Crippen molar-refractivity contribution in [2.75, 3.05) is 0 Å². The number of ether oxygens (including phenoxy) is 2. The van der Waals surface area contributed by atoms with Gasteiger partial charge in [0.2, 0.25) is 0 Å². The van der Waals surface area contributed by atoms with E-state index in [1.165, 1.54) is 6.92 Å². The molecule has 0 spiro atoms. The molecule has 0 aliphatic carbocycles. The van der Waals surface area contributed by atoms with Crippen LogP contribution in [0.25, 0.3) is 0 Å². The van der Waals surface area contributed by atoms with Gasteiger partial charge in [-0.1, -0.05) is 43.8 Å². The second-order valence-corrected chi connectivity index (χ2v) is 6.60. The summed E-state index contributed by atoms with van der Waals surface area (Å²) in [6.45, 7) is 7.83. The van der Waals surface area contributed by atoms with E-state index in [1.807, 2.05) is 30.3 Å². The molecule has 4 heteroatoms. The monoisotopic (exact) mass is 294 g/mol. The molecule has 5 atom stereocenters. The first-order valence-electron chi connectivity index (χ1n) is 7.03. The number of hydrogen-bond acceptors (Lipinski definition) is 4. The van der Waals surface area contributed by atoms with Crippen molar-refractivity contribution in [3.8, 4) is 0 Å². The highest BCUT2D eigenvalue weighted by atomic mass is 32.2. The van der Waals surface area contributed by atoms with Gasteiger partial charge in [-0.3, -0.25) is 4.79 Å². The van der Waals surface area contributed by atoms with E-state index >= 15 is 0 Å². The van der Waals surface area contributed by atoms with Crippen molar-refractivity contribution in [1.82, 2.24) is 0 Å². The van der Waals surface area contributed by atoms with Gasteiger partial charge in [-0.2, -0.15) is 0 Å². The Bertz CT molecular complexity index is 448. The van der Waals surface area contributed by atoms with Crippen LogP contribution >= 0.6 is 11.8 Å².